The molecule has 3 aromatic rings. The van der Waals surface area contributed by atoms with Crippen LogP contribution in [0.5, 0.6) is 0 Å². The Bertz CT molecular complexity index is 1580. The fourth-order valence-corrected chi connectivity index (χ4v) is 8.06. The van der Waals surface area contributed by atoms with Gasteiger partial charge in [0.05, 0.1) is 28.0 Å². The van der Waals surface area contributed by atoms with Crippen molar-refractivity contribution < 1.29 is 13.2 Å². The average molecular weight is 564 g/mol. The van der Waals surface area contributed by atoms with Crippen LogP contribution in [0.15, 0.2) is 62.2 Å². The summed E-state index contributed by atoms with van der Waals surface area (Å²) in [7, 11) is -3.19. The number of hydrogen-bond acceptors (Lipinski definition) is 8. The first-order valence-electron chi connectivity index (χ1n) is 10.6. The summed E-state index contributed by atoms with van der Waals surface area (Å²) in [5.41, 5.74) is 1.31. The van der Waals surface area contributed by atoms with Crippen molar-refractivity contribution in [3.8, 4) is 0 Å². The minimum atomic E-state index is -3.19. The smallest absolute Gasteiger partial charge is 0.266 e. The molecule has 1 aromatic carbocycles. The van der Waals surface area contributed by atoms with Gasteiger partial charge in [-0.05, 0) is 55.3 Å². The third kappa shape index (κ3) is 4.92. The SMILES string of the molecule is Cc1ccc2nc(Sc3ccc(Cl)cc3)c(/C=C3/SC(=S)N(C4CCS(=O)(=O)C4)C3=O)c(=O)n2c1. The molecule has 2 fully saturated rings. The Morgan fingerprint density at radius 1 is 1.20 bits per heavy atom. The van der Waals surface area contributed by atoms with E-state index in [1.165, 1.54) is 27.1 Å². The van der Waals surface area contributed by atoms with Crippen LogP contribution in [-0.2, 0) is 14.6 Å². The van der Waals surface area contributed by atoms with Crippen LogP contribution in [0, 0.1) is 6.92 Å². The van der Waals surface area contributed by atoms with Crippen molar-refractivity contribution in [2.75, 3.05) is 11.5 Å². The second-order valence-corrected chi connectivity index (χ2v) is 13.6. The highest BCUT2D eigenvalue weighted by atomic mass is 35.5. The highest BCUT2D eigenvalue weighted by Gasteiger charge is 2.42. The minimum Gasteiger partial charge on any atom is -0.289 e. The zero-order chi connectivity index (χ0) is 24.9. The summed E-state index contributed by atoms with van der Waals surface area (Å²) in [5.74, 6) is -0.465. The molecule has 0 aliphatic carbocycles. The van der Waals surface area contributed by atoms with E-state index in [0.29, 0.717) is 26.4 Å². The maximum Gasteiger partial charge on any atom is 0.266 e. The number of carbonyl (C=O) groups excluding carboxylic acids is 1. The highest BCUT2D eigenvalue weighted by molar-refractivity contribution is 8.26. The van der Waals surface area contributed by atoms with E-state index in [0.717, 1.165) is 22.2 Å². The van der Waals surface area contributed by atoms with Gasteiger partial charge in [-0.15, -0.1) is 0 Å². The van der Waals surface area contributed by atoms with E-state index in [1.807, 2.05) is 25.1 Å². The number of hydrogen-bond donors (Lipinski definition) is 0. The van der Waals surface area contributed by atoms with Gasteiger partial charge in [0, 0.05) is 16.1 Å². The molecule has 1 atom stereocenters. The van der Waals surface area contributed by atoms with Crippen LogP contribution in [0.25, 0.3) is 11.7 Å². The summed E-state index contributed by atoms with van der Waals surface area (Å²) in [5, 5.41) is 1.03. The average Bonchev–Trinajstić information content (AvgIpc) is 3.30. The fourth-order valence-electron chi connectivity index (χ4n) is 3.96. The Labute approximate surface area is 220 Å². The van der Waals surface area contributed by atoms with Crippen molar-refractivity contribution in [2.45, 2.75) is 29.3 Å². The van der Waals surface area contributed by atoms with Crippen LogP contribution in [0.3, 0.4) is 0 Å². The molecule has 0 N–H and O–H groups in total. The number of thiocarbonyl (C=S) groups is 1. The second-order valence-electron chi connectivity index (χ2n) is 8.23. The van der Waals surface area contributed by atoms with Gasteiger partial charge in [0.1, 0.15) is 15.0 Å². The molecule has 0 saturated carbocycles. The molecule has 2 aromatic heterocycles. The largest absolute Gasteiger partial charge is 0.289 e. The van der Waals surface area contributed by atoms with Gasteiger partial charge in [-0.2, -0.15) is 0 Å². The van der Waals surface area contributed by atoms with E-state index in [2.05, 4.69) is 0 Å². The molecule has 0 bridgehead atoms. The van der Waals surface area contributed by atoms with Crippen molar-refractivity contribution in [3.05, 3.63) is 74.0 Å². The Morgan fingerprint density at radius 3 is 2.63 bits per heavy atom. The monoisotopic (exact) mass is 563 g/mol. The van der Waals surface area contributed by atoms with Crippen molar-refractivity contribution >= 4 is 79.1 Å². The maximum absolute atomic E-state index is 13.5. The first kappa shape index (κ1) is 24.5. The van der Waals surface area contributed by atoms with E-state index in [1.54, 1.807) is 24.4 Å². The number of sulfone groups is 1. The zero-order valence-corrected chi connectivity index (χ0v) is 22.3. The lowest BCUT2D eigenvalue weighted by atomic mass is 10.2. The Balaban J connectivity index is 1.60. The summed E-state index contributed by atoms with van der Waals surface area (Å²) in [6.07, 6.45) is 3.57. The molecule has 2 aliphatic rings. The van der Waals surface area contributed by atoms with Gasteiger partial charge < -0.3 is 0 Å². The number of carbonyl (C=O) groups is 1. The minimum absolute atomic E-state index is 0.0327. The van der Waals surface area contributed by atoms with Crippen LogP contribution >= 0.6 is 47.3 Å². The van der Waals surface area contributed by atoms with Gasteiger partial charge in [-0.3, -0.25) is 18.9 Å². The molecule has 35 heavy (non-hydrogen) atoms. The second kappa shape index (κ2) is 9.36. The van der Waals surface area contributed by atoms with Gasteiger partial charge in [0.25, 0.3) is 11.5 Å². The lowest BCUT2D eigenvalue weighted by Crippen LogP contribution is -2.39. The standard InChI is InChI=1S/C23H18ClN3O4S4/c1-13-2-7-19-25-20(33-16-5-3-14(24)4-6-16)17(21(28)26(19)11-13)10-18-22(29)27(23(32)34-18)15-8-9-35(30,31)12-15/h2-7,10-11,15H,8-9,12H2,1H3/b18-10+. The maximum atomic E-state index is 13.5. The normalized spacial score (nSPS) is 20.9. The van der Waals surface area contributed by atoms with Gasteiger partial charge in [-0.25, -0.2) is 13.4 Å². The molecule has 0 radical (unpaired) electrons. The number of thioether (sulfide) groups is 1. The quantitative estimate of drug-likeness (QED) is 0.265. The highest BCUT2D eigenvalue weighted by Crippen LogP contribution is 2.37. The van der Waals surface area contributed by atoms with Gasteiger partial charge in [0.15, 0.2) is 9.84 Å². The van der Waals surface area contributed by atoms with Crippen molar-refractivity contribution in [1.29, 1.82) is 0 Å². The molecule has 4 heterocycles. The predicted molar refractivity (Wildman–Crippen MR) is 144 cm³/mol. The van der Waals surface area contributed by atoms with E-state index < -0.39 is 21.8 Å². The van der Waals surface area contributed by atoms with Crippen molar-refractivity contribution in [2.24, 2.45) is 0 Å². The Hall–Kier alpha value is -2.18. The Kier molecular flexibility index (Phi) is 6.56. The lowest BCUT2D eigenvalue weighted by molar-refractivity contribution is -0.123. The molecule has 12 heteroatoms. The van der Waals surface area contributed by atoms with Gasteiger partial charge in [0.2, 0.25) is 0 Å². The summed E-state index contributed by atoms with van der Waals surface area (Å²) in [6.45, 7) is 1.88. The predicted octanol–water partition coefficient (Wildman–Crippen LogP) is 4.20. The summed E-state index contributed by atoms with van der Waals surface area (Å²) >= 11 is 13.8. The Morgan fingerprint density at radius 2 is 1.94 bits per heavy atom. The molecule has 0 spiro atoms. The van der Waals surface area contributed by atoms with E-state index in [9.17, 15) is 18.0 Å². The molecular weight excluding hydrogens is 546 g/mol. The van der Waals surface area contributed by atoms with E-state index in [-0.39, 0.29) is 27.5 Å². The number of rotatable bonds is 4. The van der Waals surface area contributed by atoms with E-state index in [4.69, 9.17) is 28.8 Å². The number of fused-ring (bicyclic) bond motifs is 1. The van der Waals surface area contributed by atoms with Gasteiger partial charge in [-0.1, -0.05) is 53.4 Å². The third-order valence-corrected chi connectivity index (χ3v) is 10.0. The summed E-state index contributed by atoms with van der Waals surface area (Å²) < 4.78 is 25.7. The van der Waals surface area contributed by atoms with Crippen LogP contribution in [0.2, 0.25) is 5.02 Å². The number of amides is 1. The van der Waals surface area contributed by atoms with Gasteiger partial charge >= 0.3 is 0 Å². The summed E-state index contributed by atoms with van der Waals surface area (Å²) in [4.78, 5) is 34.0. The molecule has 7 nitrogen and oxygen atoms in total. The number of halogens is 1. The number of aromatic nitrogens is 2. The number of nitrogens with zero attached hydrogens (tertiary/aromatic N) is 3. The van der Waals surface area contributed by atoms with Crippen LogP contribution in [-0.4, -0.2) is 50.5 Å². The topological polar surface area (TPSA) is 88.8 Å². The third-order valence-electron chi connectivity index (χ3n) is 5.67. The molecule has 2 aliphatic heterocycles. The molecule has 5 rings (SSSR count). The molecule has 180 valence electrons. The molecular formula is C23H18ClN3O4S4. The first-order chi connectivity index (χ1) is 16.6. The number of pyridine rings is 1. The molecule has 1 amide bonds. The van der Waals surface area contributed by atoms with Crippen LogP contribution in [0.4, 0.5) is 0 Å². The number of benzene rings is 1. The first-order valence-corrected chi connectivity index (χ1v) is 14.8. The molecule has 1 unspecified atom stereocenters. The number of aryl methyl sites for hydroxylation is 1. The molecule has 2 saturated heterocycles. The fraction of sp³-hybridized carbons (Fsp3) is 0.217. The van der Waals surface area contributed by atoms with Crippen LogP contribution in [0.1, 0.15) is 17.5 Å². The van der Waals surface area contributed by atoms with Crippen molar-refractivity contribution in [3.63, 3.8) is 0 Å². The summed E-state index contributed by atoms with van der Waals surface area (Å²) in [6, 6.07) is 10.3. The van der Waals surface area contributed by atoms with Crippen LogP contribution < -0.4 is 5.56 Å². The van der Waals surface area contributed by atoms with E-state index >= 15 is 0 Å². The van der Waals surface area contributed by atoms with Crippen molar-refractivity contribution in [1.82, 2.24) is 14.3 Å². The lowest BCUT2D eigenvalue weighted by Gasteiger charge is -2.20. The zero-order valence-electron chi connectivity index (χ0n) is 18.3.